The molecule has 2 aromatic carbocycles. The Morgan fingerprint density at radius 3 is 2.40 bits per heavy atom. The Hall–Kier alpha value is -2.60. The van der Waals surface area contributed by atoms with Gasteiger partial charge in [-0.25, -0.2) is 0 Å². The van der Waals surface area contributed by atoms with Crippen LogP contribution in [0, 0.1) is 0 Å². The van der Waals surface area contributed by atoms with E-state index in [0.29, 0.717) is 29.2 Å². The summed E-state index contributed by atoms with van der Waals surface area (Å²) in [5.74, 6) is 1.33. The molecule has 2 aromatic rings. The van der Waals surface area contributed by atoms with E-state index >= 15 is 0 Å². The Morgan fingerprint density at radius 1 is 0.960 bits per heavy atom. The molecule has 6 nitrogen and oxygen atoms in total. The SMILES string of the molecule is COc1ccc2c(c1O)-c1c(OC)c(OC)c(O)c3c1C(C2)NCC3. The number of ether oxygens (including phenoxy) is 3. The monoisotopic (exact) mass is 343 g/mol. The van der Waals surface area contributed by atoms with E-state index in [1.54, 1.807) is 6.07 Å². The van der Waals surface area contributed by atoms with Gasteiger partial charge in [-0.3, -0.25) is 0 Å². The quantitative estimate of drug-likeness (QED) is 0.795. The molecule has 0 radical (unpaired) electrons. The minimum atomic E-state index is 0.0600. The molecule has 6 heteroatoms. The zero-order valence-electron chi connectivity index (χ0n) is 14.5. The first-order chi connectivity index (χ1) is 12.1. The van der Waals surface area contributed by atoms with Crippen LogP contribution in [-0.4, -0.2) is 38.1 Å². The van der Waals surface area contributed by atoms with E-state index in [9.17, 15) is 10.2 Å². The first-order valence-electron chi connectivity index (χ1n) is 8.24. The minimum Gasteiger partial charge on any atom is -0.504 e. The highest BCUT2D eigenvalue weighted by molar-refractivity contribution is 5.90. The van der Waals surface area contributed by atoms with Crippen LogP contribution in [0.15, 0.2) is 12.1 Å². The lowest BCUT2D eigenvalue weighted by Crippen LogP contribution is -2.34. The molecule has 1 aliphatic carbocycles. The van der Waals surface area contributed by atoms with Crippen LogP contribution in [0.25, 0.3) is 11.1 Å². The number of benzene rings is 2. The Bertz CT molecular complexity index is 862. The van der Waals surface area contributed by atoms with Crippen molar-refractivity contribution in [1.82, 2.24) is 5.32 Å². The molecule has 1 unspecified atom stereocenters. The molecular formula is C19H21NO5. The molecule has 0 saturated heterocycles. The van der Waals surface area contributed by atoms with Crippen LogP contribution in [0.4, 0.5) is 0 Å². The fourth-order valence-electron chi connectivity index (χ4n) is 4.12. The van der Waals surface area contributed by atoms with Crippen molar-refractivity contribution < 1.29 is 24.4 Å². The zero-order chi connectivity index (χ0) is 17.7. The molecule has 132 valence electrons. The lowest BCUT2D eigenvalue weighted by Gasteiger charge is -2.36. The average molecular weight is 343 g/mol. The van der Waals surface area contributed by atoms with Gasteiger partial charge in [0.1, 0.15) is 0 Å². The number of phenols is 2. The fourth-order valence-corrected chi connectivity index (χ4v) is 4.12. The van der Waals surface area contributed by atoms with E-state index in [1.807, 2.05) is 6.07 Å². The highest BCUT2D eigenvalue weighted by Gasteiger charge is 2.38. The van der Waals surface area contributed by atoms with E-state index in [0.717, 1.165) is 35.2 Å². The summed E-state index contributed by atoms with van der Waals surface area (Å²) in [4.78, 5) is 0. The van der Waals surface area contributed by atoms with Gasteiger partial charge >= 0.3 is 0 Å². The Labute approximate surface area is 146 Å². The van der Waals surface area contributed by atoms with Gasteiger partial charge in [0.25, 0.3) is 0 Å². The van der Waals surface area contributed by atoms with Gasteiger partial charge in [0, 0.05) is 22.7 Å². The second-order valence-electron chi connectivity index (χ2n) is 6.29. The molecule has 0 amide bonds. The third-order valence-corrected chi connectivity index (χ3v) is 5.17. The number of hydrogen-bond acceptors (Lipinski definition) is 6. The normalized spacial score (nSPS) is 17.5. The molecule has 0 saturated carbocycles. The van der Waals surface area contributed by atoms with Crippen LogP contribution in [-0.2, 0) is 12.8 Å². The lowest BCUT2D eigenvalue weighted by molar-refractivity contribution is 0.327. The first-order valence-corrected chi connectivity index (χ1v) is 8.24. The van der Waals surface area contributed by atoms with Gasteiger partial charge in [0.15, 0.2) is 23.0 Å². The Kier molecular flexibility index (Phi) is 3.65. The predicted octanol–water partition coefficient (Wildman–Crippen LogP) is 2.53. The molecule has 4 rings (SSSR count). The molecule has 0 fully saturated rings. The molecule has 0 bridgehead atoms. The second-order valence-corrected chi connectivity index (χ2v) is 6.29. The maximum absolute atomic E-state index is 10.8. The van der Waals surface area contributed by atoms with Crippen molar-refractivity contribution in [2.24, 2.45) is 0 Å². The van der Waals surface area contributed by atoms with Crippen molar-refractivity contribution in [1.29, 1.82) is 0 Å². The largest absolute Gasteiger partial charge is 0.504 e. The number of phenolic OH excluding ortho intramolecular Hbond substituents is 2. The van der Waals surface area contributed by atoms with Crippen LogP contribution >= 0.6 is 0 Å². The molecule has 1 aliphatic heterocycles. The number of nitrogens with one attached hydrogen (secondary N) is 1. The number of fused-ring (bicyclic) bond motifs is 2. The van der Waals surface area contributed by atoms with Gasteiger partial charge in [0.05, 0.1) is 21.3 Å². The summed E-state index contributed by atoms with van der Waals surface area (Å²) < 4.78 is 16.3. The van der Waals surface area contributed by atoms with Crippen LogP contribution in [0.2, 0.25) is 0 Å². The molecular weight excluding hydrogens is 322 g/mol. The molecule has 0 spiro atoms. The summed E-state index contributed by atoms with van der Waals surface area (Å²) >= 11 is 0. The standard InChI is InChI=1S/C19H21NO5/c1-23-12-5-4-9-8-11-14-10(6-7-20-11)16(21)19(25-3)18(24-2)15(14)13(9)17(12)22/h4-5,11,20-22H,6-8H2,1-3H3. The average Bonchev–Trinajstić information content (AvgIpc) is 2.63. The summed E-state index contributed by atoms with van der Waals surface area (Å²) in [6, 6.07) is 3.79. The maximum Gasteiger partial charge on any atom is 0.204 e. The Morgan fingerprint density at radius 2 is 1.72 bits per heavy atom. The zero-order valence-corrected chi connectivity index (χ0v) is 14.5. The van der Waals surface area contributed by atoms with Crippen molar-refractivity contribution >= 4 is 0 Å². The summed E-state index contributed by atoms with van der Waals surface area (Å²) in [7, 11) is 4.57. The van der Waals surface area contributed by atoms with Gasteiger partial charge in [-0.2, -0.15) is 0 Å². The Balaban J connectivity index is 2.15. The third kappa shape index (κ3) is 2.07. The van der Waals surface area contributed by atoms with Crippen molar-refractivity contribution in [2.75, 3.05) is 27.9 Å². The fraction of sp³-hybridized carbons (Fsp3) is 0.368. The third-order valence-electron chi connectivity index (χ3n) is 5.17. The van der Waals surface area contributed by atoms with Gasteiger partial charge < -0.3 is 29.7 Å². The van der Waals surface area contributed by atoms with E-state index in [1.165, 1.54) is 21.3 Å². The number of hydrogen-bond donors (Lipinski definition) is 3. The lowest BCUT2D eigenvalue weighted by atomic mass is 9.76. The molecule has 3 N–H and O–H groups in total. The summed E-state index contributed by atoms with van der Waals surface area (Å²) in [6.45, 7) is 0.775. The molecule has 1 atom stereocenters. The van der Waals surface area contributed by atoms with E-state index in [2.05, 4.69) is 5.32 Å². The van der Waals surface area contributed by atoms with Crippen molar-refractivity contribution in [3.63, 3.8) is 0 Å². The van der Waals surface area contributed by atoms with Crippen LogP contribution in [0.1, 0.15) is 22.7 Å². The van der Waals surface area contributed by atoms with Crippen molar-refractivity contribution in [2.45, 2.75) is 18.9 Å². The van der Waals surface area contributed by atoms with Gasteiger partial charge in [-0.05, 0) is 36.6 Å². The van der Waals surface area contributed by atoms with Gasteiger partial charge in [-0.1, -0.05) is 6.07 Å². The topological polar surface area (TPSA) is 80.2 Å². The van der Waals surface area contributed by atoms with Crippen molar-refractivity contribution in [3.8, 4) is 39.9 Å². The molecule has 0 aromatic heterocycles. The molecule has 2 aliphatic rings. The molecule has 25 heavy (non-hydrogen) atoms. The van der Waals surface area contributed by atoms with Gasteiger partial charge in [-0.15, -0.1) is 0 Å². The second kappa shape index (κ2) is 5.74. The van der Waals surface area contributed by atoms with E-state index in [4.69, 9.17) is 14.2 Å². The molecule has 1 heterocycles. The van der Waals surface area contributed by atoms with Crippen LogP contribution in [0.3, 0.4) is 0 Å². The van der Waals surface area contributed by atoms with Gasteiger partial charge in [0.2, 0.25) is 5.75 Å². The number of aromatic hydroxyl groups is 2. The van der Waals surface area contributed by atoms with Crippen molar-refractivity contribution in [3.05, 3.63) is 28.8 Å². The first kappa shape index (κ1) is 15.9. The highest BCUT2D eigenvalue weighted by atomic mass is 16.5. The number of methoxy groups -OCH3 is 3. The predicted molar refractivity (Wildman–Crippen MR) is 93.0 cm³/mol. The number of rotatable bonds is 3. The van der Waals surface area contributed by atoms with Crippen LogP contribution < -0.4 is 19.5 Å². The van der Waals surface area contributed by atoms with Crippen LogP contribution in [0.5, 0.6) is 28.7 Å². The van der Waals surface area contributed by atoms with E-state index < -0.39 is 0 Å². The smallest absolute Gasteiger partial charge is 0.204 e. The summed E-state index contributed by atoms with van der Waals surface area (Å²) in [6.07, 6.45) is 1.41. The summed E-state index contributed by atoms with van der Waals surface area (Å²) in [5.41, 5.74) is 4.27. The van der Waals surface area contributed by atoms with E-state index in [-0.39, 0.29) is 17.5 Å². The highest BCUT2D eigenvalue weighted by Crippen LogP contribution is 2.57. The maximum atomic E-state index is 10.8. The summed E-state index contributed by atoms with van der Waals surface area (Å²) in [5, 5.41) is 25.0. The minimum absolute atomic E-state index is 0.0600.